The third-order valence-corrected chi connectivity index (χ3v) is 6.73. The topological polar surface area (TPSA) is 126 Å². The van der Waals surface area contributed by atoms with Crippen LogP contribution in [0.25, 0.3) is 33.4 Å². The summed E-state index contributed by atoms with van der Waals surface area (Å²) in [6.45, 7) is 1.92. The Morgan fingerprint density at radius 1 is 0.946 bits per heavy atom. The summed E-state index contributed by atoms with van der Waals surface area (Å²) in [5.41, 5.74) is 5.42. The molecule has 0 radical (unpaired) electrons. The van der Waals surface area contributed by atoms with E-state index in [4.69, 9.17) is 10.3 Å². The van der Waals surface area contributed by atoms with Crippen LogP contribution in [0.4, 0.5) is 4.39 Å². The number of carbonyl (C=O) groups is 3. The lowest BCUT2D eigenvalue weighted by Crippen LogP contribution is -2.51. The summed E-state index contributed by atoms with van der Waals surface area (Å²) < 4.78 is 19.5. The molecule has 9 heteroatoms. The van der Waals surface area contributed by atoms with Gasteiger partial charge in [-0.25, -0.2) is 10.2 Å². The number of rotatable bonds is 6. The van der Waals surface area contributed by atoms with Crippen LogP contribution < -0.4 is 21.9 Å². The van der Waals surface area contributed by atoms with Gasteiger partial charge in [-0.2, -0.15) is 0 Å². The third-order valence-electron chi connectivity index (χ3n) is 6.73. The SMILES string of the molecule is CNC(=O)c1c(-c2ccc(F)cc2)oc2ccc(-c3cc(C(=O)NC4(C(=O)NN)CC4)ccc3C)cc12. The molecule has 1 heterocycles. The number of nitrogens with one attached hydrogen (secondary N) is 3. The van der Waals surface area contributed by atoms with E-state index in [1.807, 2.05) is 25.1 Å². The van der Waals surface area contributed by atoms with Gasteiger partial charge in [0.1, 0.15) is 22.7 Å². The van der Waals surface area contributed by atoms with Crippen LogP contribution in [0, 0.1) is 12.7 Å². The monoisotopic (exact) mass is 500 g/mol. The van der Waals surface area contributed by atoms with Crippen LogP contribution in [0.1, 0.15) is 39.1 Å². The molecule has 0 saturated heterocycles. The van der Waals surface area contributed by atoms with Crippen molar-refractivity contribution in [3.8, 4) is 22.5 Å². The van der Waals surface area contributed by atoms with E-state index < -0.39 is 11.4 Å². The van der Waals surface area contributed by atoms with Crippen LogP contribution >= 0.6 is 0 Å². The highest BCUT2D eigenvalue weighted by Crippen LogP contribution is 2.38. The first-order chi connectivity index (χ1) is 17.8. The summed E-state index contributed by atoms with van der Waals surface area (Å²) in [4.78, 5) is 37.9. The number of hydrogen-bond acceptors (Lipinski definition) is 5. The summed E-state index contributed by atoms with van der Waals surface area (Å²) >= 11 is 0. The van der Waals surface area contributed by atoms with Crippen molar-refractivity contribution in [2.45, 2.75) is 25.3 Å². The van der Waals surface area contributed by atoms with Crippen molar-refractivity contribution >= 4 is 28.7 Å². The molecule has 0 bridgehead atoms. The number of benzene rings is 3. The fourth-order valence-corrected chi connectivity index (χ4v) is 4.46. The van der Waals surface area contributed by atoms with E-state index in [2.05, 4.69) is 16.1 Å². The molecule has 1 saturated carbocycles. The molecular weight excluding hydrogens is 475 g/mol. The van der Waals surface area contributed by atoms with Gasteiger partial charge in [-0.15, -0.1) is 0 Å². The maximum Gasteiger partial charge on any atom is 0.259 e. The van der Waals surface area contributed by atoms with Crippen LogP contribution in [-0.4, -0.2) is 30.3 Å². The van der Waals surface area contributed by atoms with Gasteiger partial charge in [0.2, 0.25) is 0 Å². The predicted molar refractivity (Wildman–Crippen MR) is 137 cm³/mol. The molecule has 3 amide bonds. The van der Waals surface area contributed by atoms with Gasteiger partial charge in [-0.3, -0.25) is 19.8 Å². The second kappa shape index (κ2) is 9.18. The number of amides is 3. The van der Waals surface area contributed by atoms with Crippen molar-refractivity contribution in [3.05, 3.63) is 83.2 Å². The molecule has 188 valence electrons. The third kappa shape index (κ3) is 4.34. The lowest BCUT2D eigenvalue weighted by molar-refractivity contribution is -0.124. The standard InChI is InChI=1S/C28H25FN4O4/c1-15-3-4-18(25(34)32-28(11-12-28)27(36)33-30)14-20(15)17-7-10-22-21(13-17)23(26(35)31-2)24(37-22)16-5-8-19(29)9-6-16/h3-10,13-14H,11-12,30H2,1-2H3,(H,31,35)(H,32,34)(H,33,36). The normalized spacial score (nSPS) is 13.7. The van der Waals surface area contributed by atoms with Crippen molar-refractivity contribution in [1.82, 2.24) is 16.1 Å². The molecule has 37 heavy (non-hydrogen) atoms. The minimum absolute atomic E-state index is 0.334. The van der Waals surface area contributed by atoms with Gasteiger partial charge in [0.25, 0.3) is 17.7 Å². The van der Waals surface area contributed by atoms with Crippen molar-refractivity contribution in [2.24, 2.45) is 5.84 Å². The zero-order chi connectivity index (χ0) is 26.3. The fraction of sp³-hybridized carbons (Fsp3) is 0.179. The Morgan fingerprint density at radius 3 is 2.30 bits per heavy atom. The van der Waals surface area contributed by atoms with Crippen LogP contribution in [0.2, 0.25) is 0 Å². The van der Waals surface area contributed by atoms with E-state index in [0.29, 0.717) is 46.3 Å². The van der Waals surface area contributed by atoms with Crippen molar-refractivity contribution in [2.75, 3.05) is 7.05 Å². The first-order valence-corrected chi connectivity index (χ1v) is 11.8. The summed E-state index contributed by atoms with van der Waals surface area (Å²) in [5.74, 6) is 4.07. The highest BCUT2D eigenvalue weighted by atomic mass is 19.1. The van der Waals surface area contributed by atoms with Crippen molar-refractivity contribution in [3.63, 3.8) is 0 Å². The van der Waals surface area contributed by atoms with E-state index >= 15 is 0 Å². The quantitative estimate of drug-likeness (QED) is 0.182. The first-order valence-electron chi connectivity index (χ1n) is 11.8. The maximum atomic E-state index is 13.5. The minimum atomic E-state index is -0.967. The molecule has 1 fully saturated rings. The molecule has 5 rings (SSSR count). The van der Waals surface area contributed by atoms with E-state index in [1.54, 1.807) is 30.3 Å². The van der Waals surface area contributed by atoms with Gasteiger partial charge in [-0.05, 0) is 85.0 Å². The van der Waals surface area contributed by atoms with Crippen LogP contribution in [-0.2, 0) is 4.79 Å². The number of aryl methyl sites for hydroxylation is 1. The highest BCUT2D eigenvalue weighted by molar-refractivity contribution is 6.12. The smallest absolute Gasteiger partial charge is 0.259 e. The van der Waals surface area contributed by atoms with Gasteiger partial charge in [0, 0.05) is 23.6 Å². The Bertz CT molecular complexity index is 1550. The van der Waals surface area contributed by atoms with Gasteiger partial charge < -0.3 is 15.1 Å². The fourth-order valence-electron chi connectivity index (χ4n) is 4.46. The average Bonchev–Trinajstić information content (AvgIpc) is 3.59. The van der Waals surface area contributed by atoms with Gasteiger partial charge in [-0.1, -0.05) is 12.1 Å². The Labute approximate surface area is 212 Å². The van der Waals surface area contributed by atoms with Gasteiger partial charge in [0.05, 0.1) is 5.56 Å². The minimum Gasteiger partial charge on any atom is -0.455 e. The molecule has 4 aromatic rings. The summed E-state index contributed by atoms with van der Waals surface area (Å²) in [6, 6.07) is 16.5. The molecule has 0 atom stereocenters. The first kappa shape index (κ1) is 24.2. The van der Waals surface area contributed by atoms with Crippen LogP contribution in [0.15, 0.2) is 65.1 Å². The molecule has 3 aromatic carbocycles. The Morgan fingerprint density at radius 2 is 1.65 bits per heavy atom. The predicted octanol–water partition coefficient (Wildman–Crippen LogP) is 3.83. The number of carbonyl (C=O) groups excluding carboxylic acids is 3. The average molecular weight is 501 g/mol. The molecule has 0 spiro atoms. The van der Waals surface area contributed by atoms with E-state index in [9.17, 15) is 18.8 Å². The van der Waals surface area contributed by atoms with E-state index in [0.717, 1.165) is 16.7 Å². The molecule has 5 N–H and O–H groups in total. The number of hydrogen-bond donors (Lipinski definition) is 4. The molecule has 0 unspecified atom stereocenters. The largest absolute Gasteiger partial charge is 0.455 e. The second-order valence-corrected chi connectivity index (χ2v) is 9.14. The molecule has 1 aliphatic rings. The van der Waals surface area contributed by atoms with Crippen molar-refractivity contribution < 1.29 is 23.2 Å². The molecular formula is C28H25FN4O4. The second-order valence-electron chi connectivity index (χ2n) is 9.14. The van der Waals surface area contributed by atoms with Crippen LogP contribution in [0.5, 0.6) is 0 Å². The Kier molecular flexibility index (Phi) is 6.01. The van der Waals surface area contributed by atoms with Crippen LogP contribution in [0.3, 0.4) is 0 Å². The van der Waals surface area contributed by atoms with Gasteiger partial charge >= 0.3 is 0 Å². The number of furan rings is 1. The Hall–Kier alpha value is -4.50. The van der Waals surface area contributed by atoms with Gasteiger partial charge in [0.15, 0.2) is 0 Å². The number of hydrazine groups is 1. The summed E-state index contributed by atoms with van der Waals surface area (Å²) in [7, 11) is 1.53. The number of halogens is 1. The zero-order valence-electron chi connectivity index (χ0n) is 20.3. The maximum absolute atomic E-state index is 13.5. The molecule has 0 aliphatic heterocycles. The molecule has 8 nitrogen and oxygen atoms in total. The zero-order valence-corrected chi connectivity index (χ0v) is 20.3. The summed E-state index contributed by atoms with van der Waals surface area (Å²) in [6.07, 6.45) is 1.05. The number of fused-ring (bicyclic) bond motifs is 1. The lowest BCUT2D eigenvalue weighted by Gasteiger charge is -2.16. The lowest BCUT2D eigenvalue weighted by atomic mass is 9.95. The van der Waals surface area contributed by atoms with E-state index in [1.165, 1.54) is 19.2 Å². The molecule has 1 aromatic heterocycles. The molecule has 1 aliphatic carbocycles. The highest BCUT2D eigenvalue weighted by Gasteiger charge is 2.51. The Balaban J connectivity index is 1.57. The summed E-state index contributed by atoms with van der Waals surface area (Å²) in [5, 5.41) is 6.03. The number of nitrogens with two attached hydrogens (primary N) is 1. The van der Waals surface area contributed by atoms with Crippen molar-refractivity contribution in [1.29, 1.82) is 0 Å². The van der Waals surface area contributed by atoms with E-state index in [-0.39, 0.29) is 17.6 Å².